The molecule has 184 valence electrons. The van der Waals surface area contributed by atoms with Gasteiger partial charge >= 0.3 is 11.9 Å². The zero-order chi connectivity index (χ0) is 25.5. The molecule has 0 aliphatic rings. The first-order chi connectivity index (χ1) is 13.5. The molecule has 0 aromatic heterocycles. The lowest BCUT2D eigenvalue weighted by Gasteiger charge is -1.71. The number of carbonyl (C=O) groups is 3. The first-order valence-corrected chi connectivity index (χ1v) is 10.2. The van der Waals surface area contributed by atoms with Crippen LogP contribution in [0.5, 0.6) is 0 Å². The number of carbonyl (C=O) groups excluding carboxylic acids is 1. The highest BCUT2D eigenvalue weighted by molar-refractivity contribution is 5.66. The van der Waals surface area contributed by atoms with Gasteiger partial charge in [-0.3, -0.25) is 9.59 Å². The molecule has 0 aromatic rings. The SMILES string of the molecule is CCC.CCC.CCC(=O)O.CCC(=O)O.CCC=O.CCO.CCO.CCO. The lowest BCUT2D eigenvalue weighted by molar-refractivity contribution is -0.137. The van der Waals surface area contributed by atoms with Crippen molar-refractivity contribution in [2.24, 2.45) is 0 Å². The first-order valence-electron chi connectivity index (χ1n) is 10.2. The van der Waals surface area contributed by atoms with Gasteiger partial charge in [0.1, 0.15) is 6.29 Å². The molecule has 0 aromatic carbocycles. The summed E-state index contributed by atoms with van der Waals surface area (Å²) in [4.78, 5) is 27.9. The molecule has 8 heteroatoms. The van der Waals surface area contributed by atoms with Crippen LogP contribution in [0.15, 0.2) is 0 Å². The van der Waals surface area contributed by atoms with E-state index in [9.17, 15) is 14.4 Å². The molecule has 5 N–H and O–H groups in total. The fraction of sp³-hybridized carbons (Fsp3) is 0.857. The highest BCUT2D eigenvalue weighted by Gasteiger charge is 1.81. The van der Waals surface area contributed by atoms with Gasteiger partial charge in [-0.1, -0.05) is 61.3 Å². The van der Waals surface area contributed by atoms with Gasteiger partial charge in [-0.05, 0) is 20.8 Å². The molecule has 29 heavy (non-hydrogen) atoms. The molecular formula is C21H52O8. The third kappa shape index (κ3) is 1300. The number of carboxylic acid groups (broad SMARTS) is 2. The van der Waals surface area contributed by atoms with Crippen molar-refractivity contribution in [3.05, 3.63) is 0 Å². The summed E-state index contributed by atoms with van der Waals surface area (Å²) in [6.45, 7) is 19.3. The van der Waals surface area contributed by atoms with E-state index in [4.69, 9.17) is 25.5 Å². The summed E-state index contributed by atoms with van der Waals surface area (Å²) < 4.78 is 0. The minimum Gasteiger partial charge on any atom is -0.481 e. The maximum Gasteiger partial charge on any atom is 0.303 e. The second-order valence-electron chi connectivity index (χ2n) is 4.43. The molecule has 8 nitrogen and oxygen atoms in total. The standard InChI is InChI=1S/2C3H6O2.C3H6O.2C3H8.3C2H6O/c2*1-2-3(4)5;1-2-3-4;2*1-3-2;3*1-2-3/h2*2H2,1H3,(H,4,5);3H,2H2,1H3;2*3H2,1-2H3;3*3H,2H2,1H3. The summed E-state index contributed by atoms with van der Waals surface area (Å²) >= 11 is 0. The second-order valence-corrected chi connectivity index (χ2v) is 4.43. The second kappa shape index (κ2) is 94.6. The summed E-state index contributed by atoms with van der Waals surface area (Å²) in [5.74, 6) is -1.49. The van der Waals surface area contributed by atoms with Gasteiger partial charge in [0.15, 0.2) is 0 Å². The molecule has 0 heterocycles. The van der Waals surface area contributed by atoms with Crippen molar-refractivity contribution in [3.8, 4) is 0 Å². The fourth-order valence-electron chi connectivity index (χ4n) is 0. The van der Waals surface area contributed by atoms with Crippen LogP contribution in [0.1, 0.15) is 101 Å². The molecule has 0 saturated heterocycles. The molecule has 0 aliphatic carbocycles. The Bertz CT molecular complexity index is 197. The van der Waals surface area contributed by atoms with Crippen LogP contribution in [0.25, 0.3) is 0 Å². The molecule has 0 rings (SSSR count). The van der Waals surface area contributed by atoms with Gasteiger partial charge in [-0.25, -0.2) is 0 Å². The Morgan fingerprint density at radius 1 is 0.586 bits per heavy atom. The summed E-state index contributed by atoms with van der Waals surface area (Å²) in [6.07, 6.45) is 4.46. The third-order valence-corrected chi connectivity index (χ3v) is 0.772. The van der Waals surface area contributed by atoms with Crippen LogP contribution >= 0.6 is 0 Å². The molecule has 0 spiro atoms. The van der Waals surface area contributed by atoms with E-state index in [0.29, 0.717) is 6.42 Å². The average Bonchev–Trinajstić information content (AvgIpc) is 2.65. The number of aliphatic hydroxyl groups is 3. The Balaban J connectivity index is -0.0000000293. The molecular weight excluding hydrogens is 380 g/mol. The maximum atomic E-state index is 9.37. The van der Waals surface area contributed by atoms with E-state index in [0.717, 1.165) is 6.29 Å². The quantitative estimate of drug-likeness (QED) is 0.412. The summed E-state index contributed by atoms with van der Waals surface area (Å²) in [5, 5.41) is 38.2. The van der Waals surface area contributed by atoms with Gasteiger partial charge in [-0.2, -0.15) is 0 Å². The predicted molar refractivity (Wildman–Crippen MR) is 122 cm³/mol. The van der Waals surface area contributed by atoms with Crippen LogP contribution in [0.3, 0.4) is 0 Å². The summed E-state index contributed by atoms with van der Waals surface area (Å²) in [6, 6.07) is 0. The number of hydrogen-bond donors (Lipinski definition) is 5. The largest absolute Gasteiger partial charge is 0.481 e. The number of aliphatic hydroxyl groups excluding tert-OH is 3. The van der Waals surface area contributed by atoms with Crippen LogP contribution < -0.4 is 0 Å². The Kier molecular flexibility index (Phi) is 166. The zero-order valence-corrected chi connectivity index (χ0v) is 20.7. The Morgan fingerprint density at radius 3 is 0.655 bits per heavy atom. The van der Waals surface area contributed by atoms with E-state index in [-0.39, 0.29) is 32.7 Å². The monoisotopic (exact) mass is 432 g/mol. The third-order valence-electron chi connectivity index (χ3n) is 0.772. The van der Waals surface area contributed by atoms with Crippen LogP contribution in [0.4, 0.5) is 0 Å². The molecule has 0 unspecified atom stereocenters. The molecule has 0 fully saturated rings. The van der Waals surface area contributed by atoms with Crippen molar-refractivity contribution in [1.82, 2.24) is 0 Å². The van der Waals surface area contributed by atoms with E-state index < -0.39 is 11.9 Å². The first kappa shape index (κ1) is 50.8. The van der Waals surface area contributed by atoms with Crippen LogP contribution in [-0.2, 0) is 14.4 Å². The van der Waals surface area contributed by atoms with Crippen molar-refractivity contribution < 1.29 is 39.9 Å². The Labute approximate surface area is 180 Å². The number of carboxylic acids is 2. The minimum absolute atomic E-state index is 0.222. The lowest BCUT2D eigenvalue weighted by Crippen LogP contribution is -1.86. The highest BCUT2D eigenvalue weighted by Crippen LogP contribution is 1.67. The van der Waals surface area contributed by atoms with Crippen molar-refractivity contribution >= 4 is 18.2 Å². The zero-order valence-electron chi connectivity index (χ0n) is 20.7. The van der Waals surface area contributed by atoms with Crippen LogP contribution in [-0.4, -0.2) is 63.6 Å². The predicted octanol–water partition coefficient (Wildman–Crippen LogP) is 4.39. The maximum absolute atomic E-state index is 9.37. The molecule has 0 bridgehead atoms. The van der Waals surface area contributed by atoms with Crippen LogP contribution in [0, 0.1) is 0 Å². The van der Waals surface area contributed by atoms with E-state index in [1.807, 2.05) is 6.92 Å². The van der Waals surface area contributed by atoms with Gasteiger partial charge in [0, 0.05) is 39.1 Å². The molecule has 0 aliphatic heterocycles. The van der Waals surface area contributed by atoms with E-state index in [2.05, 4.69) is 27.7 Å². The van der Waals surface area contributed by atoms with Crippen molar-refractivity contribution in [2.75, 3.05) is 19.8 Å². The molecule has 0 radical (unpaired) electrons. The van der Waals surface area contributed by atoms with Gasteiger partial charge in [0.05, 0.1) is 0 Å². The fourth-order valence-corrected chi connectivity index (χ4v) is 0. The van der Waals surface area contributed by atoms with Crippen molar-refractivity contribution in [3.63, 3.8) is 0 Å². The van der Waals surface area contributed by atoms with Gasteiger partial charge in [0.25, 0.3) is 0 Å². The number of aliphatic carboxylic acids is 2. The summed E-state index contributed by atoms with van der Waals surface area (Å²) in [5.41, 5.74) is 0. The number of rotatable bonds is 3. The average molecular weight is 433 g/mol. The number of aldehydes is 1. The molecule has 0 atom stereocenters. The van der Waals surface area contributed by atoms with E-state index in [1.165, 1.54) is 12.8 Å². The van der Waals surface area contributed by atoms with Crippen molar-refractivity contribution in [1.29, 1.82) is 0 Å². The van der Waals surface area contributed by atoms with Gasteiger partial charge in [-0.15, -0.1) is 0 Å². The Hall–Kier alpha value is -1.51. The number of hydrogen-bond acceptors (Lipinski definition) is 6. The highest BCUT2D eigenvalue weighted by atomic mass is 16.4. The summed E-state index contributed by atoms with van der Waals surface area (Å²) in [7, 11) is 0. The topological polar surface area (TPSA) is 152 Å². The normalized spacial score (nSPS) is 6.52. The van der Waals surface area contributed by atoms with E-state index in [1.54, 1.807) is 34.6 Å². The van der Waals surface area contributed by atoms with E-state index >= 15 is 0 Å². The van der Waals surface area contributed by atoms with Crippen molar-refractivity contribution in [2.45, 2.75) is 101 Å². The minimum atomic E-state index is -0.745. The van der Waals surface area contributed by atoms with Gasteiger partial charge < -0.3 is 30.3 Å². The Morgan fingerprint density at radius 2 is 0.655 bits per heavy atom. The lowest BCUT2D eigenvalue weighted by atomic mass is 10.5. The molecule has 0 saturated carbocycles. The van der Waals surface area contributed by atoms with Crippen LogP contribution in [0.2, 0.25) is 0 Å². The smallest absolute Gasteiger partial charge is 0.303 e. The van der Waals surface area contributed by atoms with Gasteiger partial charge in [0.2, 0.25) is 0 Å². The molecule has 0 amide bonds.